The standard InChI is InChI=1S/C15H21F3N6.HI/c1-4-19-14(20-7-11-5-6-23(2)9-11)21-8-12-10-24(3)22-13(12)15(16,17)18;/h5-6,9-10H,4,7-8H2,1-3H3,(H2,19,20,21);1H. The summed E-state index contributed by atoms with van der Waals surface area (Å²) in [7, 11) is 3.38. The Bertz CT molecular complexity index is 704. The lowest BCUT2D eigenvalue weighted by Crippen LogP contribution is -2.37. The van der Waals surface area contributed by atoms with Gasteiger partial charge in [-0.25, -0.2) is 4.99 Å². The molecule has 140 valence electrons. The van der Waals surface area contributed by atoms with Crippen molar-refractivity contribution in [3.05, 3.63) is 41.5 Å². The van der Waals surface area contributed by atoms with Crippen LogP contribution in [0.4, 0.5) is 13.2 Å². The van der Waals surface area contributed by atoms with Gasteiger partial charge in [0, 0.05) is 51.3 Å². The van der Waals surface area contributed by atoms with Crippen molar-refractivity contribution in [2.24, 2.45) is 19.1 Å². The van der Waals surface area contributed by atoms with Gasteiger partial charge in [-0.15, -0.1) is 24.0 Å². The number of halogens is 4. The van der Waals surface area contributed by atoms with Crippen LogP contribution in [0.3, 0.4) is 0 Å². The molecule has 0 bridgehead atoms. The molecule has 2 aromatic heterocycles. The predicted octanol–water partition coefficient (Wildman–Crippen LogP) is 2.65. The lowest BCUT2D eigenvalue weighted by Gasteiger charge is -2.12. The second kappa shape index (κ2) is 9.11. The highest BCUT2D eigenvalue weighted by Gasteiger charge is 2.36. The molecular formula is C15H22F3IN6. The fraction of sp³-hybridized carbons (Fsp3) is 0.467. The fourth-order valence-corrected chi connectivity index (χ4v) is 2.25. The molecule has 0 saturated carbocycles. The smallest absolute Gasteiger partial charge is 0.357 e. The molecule has 2 rings (SSSR count). The first-order valence-corrected chi connectivity index (χ1v) is 7.52. The zero-order valence-corrected chi connectivity index (χ0v) is 16.6. The monoisotopic (exact) mass is 470 g/mol. The Kier molecular flexibility index (Phi) is 7.77. The van der Waals surface area contributed by atoms with Crippen LogP contribution < -0.4 is 10.6 Å². The van der Waals surface area contributed by atoms with Crippen LogP contribution in [0.15, 0.2) is 29.6 Å². The predicted molar refractivity (Wildman–Crippen MR) is 101 cm³/mol. The molecule has 25 heavy (non-hydrogen) atoms. The third-order valence-electron chi connectivity index (χ3n) is 3.28. The third kappa shape index (κ3) is 6.25. The van der Waals surface area contributed by atoms with Crippen LogP contribution in [-0.4, -0.2) is 26.9 Å². The molecule has 0 amide bonds. The number of aromatic nitrogens is 3. The summed E-state index contributed by atoms with van der Waals surface area (Å²) in [5.41, 5.74) is 0.221. The molecule has 2 heterocycles. The van der Waals surface area contributed by atoms with E-state index in [4.69, 9.17) is 0 Å². The van der Waals surface area contributed by atoms with Crippen molar-refractivity contribution in [1.82, 2.24) is 25.0 Å². The minimum absolute atomic E-state index is 0. The van der Waals surface area contributed by atoms with Crippen molar-refractivity contribution in [1.29, 1.82) is 0 Å². The molecule has 0 radical (unpaired) electrons. The maximum atomic E-state index is 13.0. The van der Waals surface area contributed by atoms with Gasteiger partial charge in [0.05, 0.1) is 6.54 Å². The van der Waals surface area contributed by atoms with E-state index >= 15 is 0 Å². The number of alkyl halides is 3. The lowest BCUT2D eigenvalue weighted by atomic mass is 10.2. The van der Waals surface area contributed by atoms with Gasteiger partial charge in [0.1, 0.15) is 0 Å². The summed E-state index contributed by atoms with van der Waals surface area (Å²) in [6.07, 6.45) is 0.737. The largest absolute Gasteiger partial charge is 0.435 e. The second-order valence-corrected chi connectivity index (χ2v) is 5.41. The van der Waals surface area contributed by atoms with E-state index in [9.17, 15) is 13.2 Å². The molecule has 0 aliphatic rings. The van der Waals surface area contributed by atoms with E-state index in [1.807, 2.05) is 37.0 Å². The number of nitrogens with one attached hydrogen (secondary N) is 2. The number of nitrogens with zero attached hydrogens (tertiary/aromatic N) is 4. The van der Waals surface area contributed by atoms with E-state index in [2.05, 4.69) is 20.7 Å². The van der Waals surface area contributed by atoms with Crippen LogP contribution in [0.5, 0.6) is 0 Å². The lowest BCUT2D eigenvalue weighted by molar-refractivity contribution is -0.142. The molecule has 0 unspecified atom stereocenters. The van der Waals surface area contributed by atoms with Gasteiger partial charge in [0.2, 0.25) is 0 Å². The molecule has 0 saturated heterocycles. The summed E-state index contributed by atoms with van der Waals surface area (Å²) in [5, 5.41) is 9.43. The van der Waals surface area contributed by atoms with Gasteiger partial charge in [-0.1, -0.05) is 0 Å². The molecule has 0 aliphatic heterocycles. The molecule has 6 nitrogen and oxygen atoms in total. The molecule has 0 fully saturated rings. The topological polar surface area (TPSA) is 59.2 Å². The maximum Gasteiger partial charge on any atom is 0.435 e. The number of rotatable bonds is 5. The summed E-state index contributed by atoms with van der Waals surface area (Å²) in [6, 6.07) is 1.94. The highest BCUT2D eigenvalue weighted by Crippen LogP contribution is 2.30. The van der Waals surface area contributed by atoms with Crippen LogP contribution in [0.2, 0.25) is 0 Å². The van der Waals surface area contributed by atoms with E-state index < -0.39 is 11.9 Å². The van der Waals surface area contributed by atoms with Crippen LogP contribution >= 0.6 is 24.0 Å². The minimum Gasteiger partial charge on any atom is -0.357 e. The Morgan fingerprint density at radius 1 is 1.24 bits per heavy atom. The number of guanidine groups is 1. The van der Waals surface area contributed by atoms with Gasteiger partial charge in [-0.05, 0) is 18.6 Å². The van der Waals surface area contributed by atoms with Crippen molar-refractivity contribution in [3.63, 3.8) is 0 Å². The maximum absolute atomic E-state index is 13.0. The normalized spacial score (nSPS) is 12.0. The molecule has 0 spiro atoms. The van der Waals surface area contributed by atoms with E-state index in [0.29, 0.717) is 19.0 Å². The van der Waals surface area contributed by atoms with Crippen LogP contribution in [0, 0.1) is 0 Å². The highest BCUT2D eigenvalue weighted by atomic mass is 127. The summed E-state index contributed by atoms with van der Waals surface area (Å²) >= 11 is 0. The Labute approximate surface area is 161 Å². The van der Waals surface area contributed by atoms with E-state index in [0.717, 1.165) is 10.2 Å². The average Bonchev–Trinajstić information content (AvgIpc) is 3.07. The van der Waals surface area contributed by atoms with Crippen molar-refractivity contribution in [3.8, 4) is 0 Å². The SMILES string of the molecule is CCNC(=NCc1ccn(C)c1)NCc1cn(C)nc1C(F)(F)F.I. The first-order chi connectivity index (χ1) is 11.3. The van der Waals surface area contributed by atoms with E-state index in [1.54, 1.807) is 0 Å². The van der Waals surface area contributed by atoms with Crippen molar-refractivity contribution in [2.45, 2.75) is 26.2 Å². The van der Waals surface area contributed by atoms with Gasteiger partial charge in [0.25, 0.3) is 0 Å². The van der Waals surface area contributed by atoms with Gasteiger partial charge in [-0.2, -0.15) is 18.3 Å². The number of hydrogen-bond acceptors (Lipinski definition) is 2. The van der Waals surface area contributed by atoms with Gasteiger partial charge in [0.15, 0.2) is 11.7 Å². The average molecular weight is 470 g/mol. The van der Waals surface area contributed by atoms with Gasteiger partial charge < -0.3 is 15.2 Å². The van der Waals surface area contributed by atoms with Gasteiger partial charge in [-0.3, -0.25) is 4.68 Å². The number of aryl methyl sites for hydroxylation is 2. The Morgan fingerprint density at radius 3 is 2.52 bits per heavy atom. The third-order valence-corrected chi connectivity index (χ3v) is 3.28. The Balaban J connectivity index is 0.00000312. The van der Waals surface area contributed by atoms with Crippen molar-refractivity contribution in [2.75, 3.05) is 6.54 Å². The van der Waals surface area contributed by atoms with Gasteiger partial charge >= 0.3 is 6.18 Å². The number of aliphatic imine (C=N–C) groups is 1. The summed E-state index contributed by atoms with van der Waals surface area (Å²) < 4.78 is 41.9. The second-order valence-electron chi connectivity index (χ2n) is 5.41. The highest BCUT2D eigenvalue weighted by molar-refractivity contribution is 14.0. The minimum atomic E-state index is -4.47. The Hall–Kier alpha value is -1.72. The van der Waals surface area contributed by atoms with Crippen LogP contribution in [0.25, 0.3) is 0 Å². The Morgan fingerprint density at radius 2 is 1.96 bits per heavy atom. The first-order valence-electron chi connectivity index (χ1n) is 7.52. The molecule has 0 aliphatic carbocycles. The summed E-state index contributed by atoms with van der Waals surface area (Å²) in [4.78, 5) is 4.38. The summed E-state index contributed by atoms with van der Waals surface area (Å²) in [6.45, 7) is 2.93. The summed E-state index contributed by atoms with van der Waals surface area (Å²) in [5.74, 6) is 0.457. The van der Waals surface area contributed by atoms with E-state index in [-0.39, 0.29) is 36.1 Å². The number of hydrogen-bond donors (Lipinski definition) is 2. The molecule has 2 N–H and O–H groups in total. The zero-order valence-electron chi connectivity index (χ0n) is 14.3. The van der Waals surface area contributed by atoms with Crippen molar-refractivity contribution >= 4 is 29.9 Å². The fourth-order valence-electron chi connectivity index (χ4n) is 2.25. The van der Waals surface area contributed by atoms with Crippen LogP contribution in [0.1, 0.15) is 23.7 Å². The molecule has 10 heteroatoms. The molecular weight excluding hydrogens is 448 g/mol. The molecule has 0 aromatic carbocycles. The van der Waals surface area contributed by atoms with Crippen molar-refractivity contribution < 1.29 is 13.2 Å². The molecule has 0 atom stereocenters. The first kappa shape index (κ1) is 21.3. The molecule has 2 aromatic rings. The van der Waals surface area contributed by atoms with E-state index in [1.165, 1.54) is 13.2 Å². The van der Waals surface area contributed by atoms with Crippen LogP contribution in [-0.2, 0) is 33.4 Å². The zero-order chi connectivity index (χ0) is 17.7. The quantitative estimate of drug-likeness (QED) is 0.402.